The Labute approximate surface area is 86.0 Å². The minimum absolute atomic E-state index is 0.0400. The van der Waals surface area contributed by atoms with Gasteiger partial charge >= 0.3 is 0 Å². The molecule has 1 aromatic rings. The first-order chi connectivity index (χ1) is 7.31. The monoisotopic (exact) mass is 207 g/mol. The summed E-state index contributed by atoms with van der Waals surface area (Å²) in [5, 5.41) is 9.57. The Hall–Kier alpha value is -2.00. The zero-order valence-corrected chi connectivity index (χ0v) is 7.90. The minimum Gasteiger partial charge on any atom is -0.507 e. The molecule has 0 unspecified atom stereocenters. The fourth-order valence-electron chi connectivity index (χ4n) is 1.36. The first kappa shape index (κ1) is 9.55. The fraction of sp³-hybridized carbons (Fsp3) is 0.300. The highest BCUT2D eigenvalue weighted by atomic mass is 16.6. The Kier molecular flexibility index (Phi) is 2.56. The molecule has 5 nitrogen and oxygen atoms in total. The predicted molar refractivity (Wildman–Crippen MR) is 50.9 cm³/mol. The van der Waals surface area contributed by atoms with Gasteiger partial charge in [-0.3, -0.25) is 0 Å². The van der Waals surface area contributed by atoms with Gasteiger partial charge in [0.2, 0.25) is 6.08 Å². The van der Waals surface area contributed by atoms with E-state index in [1.807, 2.05) is 0 Å². The number of rotatable bonds is 2. The molecule has 0 aliphatic carbocycles. The summed E-state index contributed by atoms with van der Waals surface area (Å²) >= 11 is 0. The van der Waals surface area contributed by atoms with Crippen molar-refractivity contribution >= 4 is 6.08 Å². The molecule has 1 aliphatic rings. The lowest BCUT2D eigenvalue weighted by Crippen LogP contribution is -2.15. The molecular formula is C10H9NO4. The highest BCUT2D eigenvalue weighted by molar-refractivity contribution is 5.51. The van der Waals surface area contributed by atoms with Crippen molar-refractivity contribution < 1.29 is 19.4 Å². The zero-order chi connectivity index (χ0) is 10.7. The first-order valence-electron chi connectivity index (χ1n) is 4.46. The van der Waals surface area contributed by atoms with Gasteiger partial charge in [-0.15, -0.1) is 0 Å². The van der Waals surface area contributed by atoms with Crippen molar-refractivity contribution in [3.8, 4) is 17.2 Å². The minimum atomic E-state index is 0.0400. The van der Waals surface area contributed by atoms with Crippen molar-refractivity contribution in [2.24, 2.45) is 4.99 Å². The van der Waals surface area contributed by atoms with Gasteiger partial charge < -0.3 is 14.6 Å². The topological polar surface area (TPSA) is 68.1 Å². The summed E-state index contributed by atoms with van der Waals surface area (Å²) in [6.45, 7) is 1.04. The van der Waals surface area contributed by atoms with Crippen LogP contribution in [0.4, 0.5) is 0 Å². The van der Waals surface area contributed by atoms with Crippen LogP contribution in [0.5, 0.6) is 17.2 Å². The summed E-state index contributed by atoms with van der Waals surface area (Å²) < 4.78 is 10.6. The quantitative estimate of drug-likeness (QED) is 0.580. The van der Waals surface area contributed by atoms with E-state index >= 15 is 0 Å². The lowest BCUT2D eigenvalue weighted by molar-refractivity contribution is 0.170. The van der Waals surface area contributed by atoms with E-state index in [1.54, 1.807) is 6.07 Å². The van der Waals surface area contributed by atoms with E-state index in [-0.39, 0.29) is 12.3 Å². The van der Waals surface area contributed by atoms with E-state index in [4.69, 9.17) is 9.47 Å². The van der Waals surface area contributed by atoms with Crippen LogP contribution in [0.2, 0.25) is 0 Å². The molecule has 15 heavy (non-hydrogen) atoms. The van der Waals surface area contributed by atoms with E-state index in [1.165, 1.54) is 12.1 Å². The van der Waals surface area contributed by atoms with Gasteiger partial charge in [-0.2, -0.15) is 0 Å². The van der Waals surface area contributed by atoms with Crippen molar-refractivity contribution in [2.75, 3.05) is 13.2 Å². The summed E-state index contributed by atoms with van der Waals surface area (Å²) in [5.74, 6) is 1.12. The Balaban J connectivity index is 2.35. The zero-order valence-electron chi connectivity index (χ0n) is 7.90. The normalized spacial score (nSPS) is 13.1. The molecule has 1 N–H and O–H groups in total. The second kappa shape index (κ2) is 4.02. The second-order valence-electron chi connectivity index (χ2n) is 3.03. The third-order valence-corrected chi connectivity index (χ3v) is 2.06. The highest BCUT2D eigenvalue weighted by Crippen LogP contribution is 2.36. The molecule has 0 spiro atoms. The number of hydrogen-bond donors (Lipinski definition) is 1. The number of phenols is 1. The maximum absolute atomic E-state index is 9.95. The number of isocyanates is 1. The third kappa shape index (κ3) is 1.92. The second-order valence-corrected chi connectivity index (χ2v) is 3.03. The van der Waals surface area contributed by atoms with Gasteiger partial charge in [0, 0.05) is 11.6 Å². The van der Waals surface area contributed by atoms with Crippen molar-refractivity contribution in [2.45, 2.75) is 6.54 Å². The van der Waals surface area contributed by atoms with Crippen molar-refractivity contribution in [1.29, 1.82) is 0 Å². The lowest BCUT2D eigenvalue weighted by Gasteiger charge is -2.19. The number of phenolic OH excluding ortho intramolecular Hbond substituents is 1. The maximum atomic E-state index is 9.95. The number of ether oxygens (including phenoxy) is 2. The summed E-state index contributed by atoms with van der Waals surface area (Å²) in [5.41, 5.74) is 0.516. The van der Waals surface area contributed by atoms with Crippen LogP contribution in [0.3, 0.4) is 0 Å². The number of nitrogens with zero attached hydrogens (tertiary/aromatic N) is 1. The largest absolute Gasteiger partial charge is 0.507 e. The Morgan fingerprint density at radius 3 is 2.67 bits per heavy atom. The molecule has 0 radical (unpaired) electrons. The fourth-order valence-corrected chi connectivity index (χ4v) is 1.36. The van der Waals surface area contributed by atoms with Crippen LogP contribution < -0.4 is 9.47 Å². The molecule has 0 saturated carbocycles. The molecule has 78 valence electrons. The van der Waals surface area contributed by atoms with Crippen LogP contribution >= 0.6 is 0 Å². The Morgan fingerprint density at radius 1 is 1.33 bits per heavy atom. The molecule has 0 fully saturated rings. The van der Waals surface area contributed by atoms with Gasteiger partial charge in [-0.1, -0.05) is 0 Å². The number of aliphatic imine (C=N–C) groups is 1. The lowest BCUT2D eigenvalue weighted by atomic mass is 10.1. The summed E-state index contributed by atoms with van der Waals surface area (Å²) in [6, 6.07) is 3.08. The predicted octanol–water partition coefficient (Wildman–Crippen LogP) is 0.999. The molecular weight excluding hydrogens is 198 g/mol. The van der Waals surface area contributed by atoms with Gasteiger partial charge in [-0.05, 0) is 6.07 Å². The van der Waals surface area contributed by atoms with Gasteiger partial charge in [0.15, 0.2) is 11.5 Å². The van der Waals surface area contributed by atoms with Gasteiger partial charge in [0.1, 0.15) is 19.0 Å². The number of carbonyl (C=O) groups excluding carboxylic acids is 1. The van der Waals surface area contributed by atoms with Crippen LogP contribution in [0, 0.1) is 0 Å². The van der Waals surface area contributed by atoms with Crippen LogP contribution in [-0.4, -0.2) is 24.4 Å². The maximum Gasteiger partial charge on any atom is 0.235 e. The van der Waals surface area contributed by atoms with Gasteiger partial charge in [-0.25, -0.2) is 9.79 Å². The smallest absolute Gasteiger partial charge is 0.235 e. The number of benzene rings is 1. The first-order valence-corrected chi connectivity index (χ1v) is 4.46. The summed E-state index contributed by atoms with van der Waals surface area (Å²) in [7, 11) is 0. The molecule has 0 amide bonds. The molecule has 0 aromatic heterocycles. The molecule has 2 rings (SSSR count). The molecule has 0 saturated heterocycles. The molecule has 1 aromatic carbocycles. The van der Waals surface area contributed by atoms with Crippen molar-refractivity contribution in [3.63, 3.8) is 0 Å². The van der Waals surface area contributed by atoms with E-state index in [9.17, 15) is 9.90 Å². The van der Waals surface area contributed by atoms with Crippen LogP contribution in [0.15, 0.2) is 17.1 Å². The van der Waals surface area contributed by atoms with Crippen LogP contribution in [0.25, 0.3) is 0 Å². The standard InChI is InChI=1S/C10H9NO4/c12-6-11-5-7-3-9-10(4-8(7)13)15-2-1-14-9/h3-4,13H,1-2,5H2. The third-order valence-electron chi connectivity index (χ3n) is 2.06. The van der Waals surface area contributed by atoms with E-state index in [2.05, 4.69) is 4.99 Å². The molecule has 1 aliphatic heterocycles. The van der Waals surface area contributed by atoms with Crippen molar-refractivity contribution in [3.05, 3.63) is 17.7 Å². The van der Waals surface area contributed by atoms with E-state index in [0.29, 0.717) is 30.3 Å². The Morgan fingerprint density at radius 2 is 2.00 bits per heavy atom. The molecule has 5 heteroatoms. The van der Waals surface area contributed by atoms with Crippen LogP contribution in [-0.2, 0) is 11.3 Å². The number of hydrogen-bond acceptors (Lipinski definition) is 5. The average Bonchev–Trinajstić information content (AvgIpc) is 2.26. The van der Waals surface area contributed by atoms with Crippen LogP contribution in [0.1, 0.15) is 5.56 Å². The van der Waals surface area contributed by atoms with Gasteiger partial charge in [0.05, 0.1) is 6.54 Å². The molecule has 0 bridgehead atoms. The van der Waals surface area contributed by atoms with Crippen molar-refractivity contribution in [1.82, 2.24) is 0 Å². The Bertz CT molecular complexity index is 424. The molecule has 1 heterocycles. The van der Waals surface area contributed by atoms with Gasteiger partial charge in [0.25, 0.3) is 0 Å². The number of fused-ring (bicyclic) bond motifs is 1. The SMILES string of the molecule is O=C=NCc1cc2c(cc1O)OCCO2. The number of aromatic hydroxyl groups is 1. The average molecular weight is 207 g/mol. The summed E-state index contributed by atoms with van der Waals surface area (Å²) in [6.07, 6.45) is 1.42. The molecule has 0 atom stereocenters. The van der Waals surface area contributed by atoms with E-state index in [0.717, 1.165) is 0 Å². The highest BCUT2D eigenvalue weighted by Gasteiger charge is 2.15. The van der Waals surface area contributed by atoms with E-state index < -0.39 is 0 Å². The summed E-state index contributed by atoms with van der Waals surface area (Å²) in [4.78, 5) is 13.3.